The molecular formula is C22H16N2O7. The SMILES string of the molecule is O=C1c2c(O)cc([N+](=O)[O-])cc2C(=O)c2c(Nc3ccc(CCO)cc3)ccc(O)c21. The van der Waals surface area contributed by atoms with Crippen molar-refractivity contribution < 1.29 is 29.8 Å². The van der Waals surface area contributed by atoms with Crippen molar-refractivity contribution in [3.63, 3.8) is 0 Å². The lowest BCUT2D eigenvalue weighted by Gasteiger charge is -2.22. The second kappa shape index (κ2) is 7.54. The fourth-order valence-corrected chi connectivity index (χ4v) is 3.60. The minimum Gasteiger partial charge on any atom is -0.507 e. The van der Waals surface area contributed by atoms with Crippen LogP contribution in [0.15, 0.2) is 48.5 Å². The van der Waals surface area contributed by atoms with E-state index in [9.17, 15) is 29.9 Å². The van der Waals surface area contributed by atoms with E-state index in [0.717, 1.165) is 17.7 Å². The highest BCUT2D eigenvalue weighted by Crippen LogP contribution is 2.41. The van der Waals surface area contributed by atoms with Crippen LogP contribution in [0.2, 0.25) is 0 Å². The zero-order valence-corrected chi connectivity index (χ0v) is 16.0. The van der Waals surface area contributed by atoms with Gasteiger partial charge in [-0.05, 0) is 36.2 Å². The third-order valence-electron chi connectivity index (χ3n) is 5.06. The molecule has 1 aliphatic carbocycles. The summed E-state index contributed by atoms with van der Waals surface area (Å²) in [5.41, 5.74) is 0.0550. The lowest BCUT2D eigenvalue weighted by Crippen LogP contribution is -2.22. The van der Waals surface area contributed by atoms with Crippen LogP contribution in [0.3, 0.4) is 0 Å². The Balaban J connectivity index is 1.83. The molecule has 0 spiro atoms. The van der Waals surface area contributed by atoms with Gasteiger partial charge in [-0.3, -0.25) is 19.7 Å². The first-order valence-electron chi connectivity index (χ1n) is 9.25. The second-order valence-corrected chi connectivity index (χ2v) is 6.98. The predicted octanol–water partition coefficient (Wildman–Crippen LogP) is 3.06. The molecule has 4 N–H and O–H groups in total. The van der Waals surface area contributed by atoms with Crippen molar-refractivity contribution in [3.05, 3.63) is 86.5 Å². The number of benzene rings is 3. The standard InChI is InChI=1S/C22H16N2O7/c25-8-7-11-1-3-12(4-2-11)23-15-5-6-16(26)20-19(15)21(28)14-9-13(24(30)31)10-17(27)18(14)22(20)29/h1-6,9-10,23,25-27H,7-8H2. The first kappa shape index (κ1) is 20.0. The zero-order chi connectivity index (χ0) is 22.3. The number of nitro benzene ring substituents is 1. The molecule has 156 valence electrons. The number of fused-ring (bicyclic) bond motifs is 2. The Labute approximate surface area is 175 Å². The van der Waals surface area contributed by atoms with Gasteiger partial charge in [-0.1, -0.05) is 12.1 Å². The number of nitro groups is 1. The molecule has 0 atom stereocenters. The molecule has 4 rings (SSSR count). The van der Waals surface area contributed by atoms with E-state index in [0.29, 0.717) is 12.1 Å². The Bertz CT molecular complexity index is 1250. The third kappa shape index (κ3) is 3.36. The highest BCUT2D eigenvalue weighted by molar-refractivity contribution is 6.32. The van der Waals surface area contributed by atoms with E-state index in [2.05, 4.69) is 5.32 Å². The smallest absolute Gasteiger partial charge is 0.273 e. The van der Waals surface area contributed by atoms with Crippen LogP contribution in [-0.4, -0.2) is 38.4 Å². The summed E-state index contributed by atoms with van der Waals surface area (Å²) in [6, 6.07) is 11.4. The van der Waals surface area contributed by atoms with Crippen molar-refractivity contribution in [2.45, 2.75) is 6.42 Å². The van der Waals surface area contributed by atoms with E-state index < -0.39 is 33.7 Å². The summed E-state index contributed by atoms with van der Waals surface area (Å²) in [7, 11) is 0. The molecule has 0 saturated carbocycles. The van der Waals surface area contributed by atoms with Gasteiger partial charge in [0.15, 0.2) is 5.78 Å². The number of phenols is 2. The Morgan fingerprint density at radius 1 is 0.871 bits per heavy atom. The van der Waals surface area contributed by atoms with Gasteiger partial charge in [0.25, 0.3) is 5.69 Å². The molecule has 31 heavy (non-hydrogen) atoms. The number of rotatable bonds is 5. The first-order chi connectivity index (χ1) is 14.8. The molecule has 0 aromatic heterocycles. The largest absolute Gasteiger partial charge is 0.507 e. The summed E-state index contributed by atoms with van der Waals surface area (Å²) in [6.45, 7) is 0.00719. The van der Waals surface area contributed by atoms with E-state index in [4.69, 9.17) is 5.11 Å². The minimum absolute atomic E-state index is 0.00719. The average Bonchev–Trinajstić information content (AvgIpc) is 2.74. The summed E-state index contributed by atoms with van der Waals surface area (Å²) < 4.78 is 0. The van der Waals surface area contributed by atoms with Crippen LogP contribution >= 0.6 is 0 Å². The average molecular weight is 420 g/mol. The van der Waals surface area contributed by atoms with Gasteiger partial charge < -0.3 is 20.6 Å². The van der Waals surface area contributed by atoms with Gasteiger partial charge in [-0.15, -0.1) is 0 Å². The molecule has 0 aliphatic heterocycles. The van der Waals surface area contributed by atoms with Crippen LogP contribution in [0.25, 0.3) is 0 Å². The zero-order valence-electron chi connectivity index (χ0n) is 16.0. The van der Waals surface area contributed by atoms with Crippen LogP contribution in [0.4, 0.5) is 17.1 Å². The fraction of sp³-hybridized carbons (Fsp3) is 0.0909. The Morgan fingerprint density at radius 3 is 2.23 bits per heavy atom. The van der Waals surface area contributed by atoms with E-state index >= 15 is 0 Å². The molecule has 0 amide bonds. The number of hydrogen-bond acceptors (Lipinski definition) is 8. The predicted molar refractivity (Wildman–Crippen MR) is 110 cm³/mol. The number of aliphatic hydroxyl groups is 1. The maximum Gasteiger partial charge on any atom is 0.273 e. The quantitative estimate of drug-likeness (QED) is 0.219. The minimum atomic E-state index is -0.809. The first-order valence-corrected chi connectivity index (χ1v) is 9.25. The van der Waals surface area contributed by atoms with Crippen LogP contribution in [0.5, 0.6) is 11.5 Å². The lowest BCUT2D eigenvalue weighted by atomic mass is 9.82. The monoisotopic (exact) mass is 420 g/mol. The number of hydrogen-bond donors (Lipinski definition) is 4. The number of phenolic OH excluding ortho intramolecular Hbond substituents is 2. The number of aliphatic hydroxyl groups excluding tert-OH is 1. The highest BCUT2D eigenvalue weighted by atomic mass is 16.6. The normalized spacial score (nSPS) is 12.3. The lowest BCUT2D eigenvalue weighted by molar-refractivity contribution is -0.385. The van der Waals surface area contributed by atoms with E-state index in [1.54, 1.807) is 24.3 Å². The summed E-state index contributed by atoms with van der Waals surface area (Å²) in [5.74, 6) is -2.69. The number of aromatic hydroxyl groups is 2. The van der Waals surface area contributed by atoms with E-state index in [1.165, 1.54) is 12.1 Å². The number of non-ortho nitro benzene ring substituents is 1. The van der Waals surface area contributed by atoms with Gasteiger partial charge >= 0.3 is 0 Å². The van der Waals surface area contributed by atoms with Crippen molar-refractivity contribution in [1.29, 1.82) is 0 Å². The van der Waals surface area contributed by atoms with Crippen LogP contribution < -0.4 is 5.32 Å². The molecule has 0 unspecified atom stereocenters. The molecule has 0 heterocycles. The van der Waals surface area contributed by atoms with Crippen molar-refractivity contribution in [1.82, 2.24) is 0 Å². The van der Waals surface area contributed by atoms with Gasteiger partial charge in [-0.25, -0.2) is 0 Å². The van der Waals surface area contributed by atoms with Crippen molar-refractivity contribution in [2.24, 2.45) is 0 Å². The Morgan fingerprint density at radius 2 is 1.58 bits per heavy atom. The van der Waals surface area contributed by atoms with Gasteiger partial charge in [0.05, 0.1) is 33.4 Å². The summed E-state index contributed by atoms with van der Waals surface area (Å²) in [6.07, 6.45) is 0.487. The fourth-order valence-electron chi connectivity index (χ4n) is 3.60. The summed E-state index contributed by atoms with van der Waals surface area (Å²) >= 11 is 0. The van der Waals surface area contributed by atoms with Gasteiger partial charge in [0.1, 0.15) is 11.5 Å². The Hall–Kier alpha value is -4.24. The van der Waals surface area contributed by atoms with E-state index in [1.807, 2.05) is 0 Å². The maximum atomic E-state index is 13.2. The van der Waals surface area contributed by atoms with Crippen molar-refractivity contribution in [2.75, 3.05) is 11.9 Å². The van der Waals surface area contributed by atoms with Gasteiger partial charge in [0.2, 0.25) is 5.78 Å². The van der Waals surface area contributed by atoms with Crippen LogP contribution in [-0.2, 0) is 6.42 Å². The summed E-state index contributed by atoms with van der Waals surface area (Å²) in [5, 5.41) is 43.6. The molecule has 0 radical (unpaired) electrons. The number of nitrogens with zero attached hydrogens (tertiary/aromatic N) is 1. The molecular weight excluding hydrogens is 404 g/mol. The van der Waals surface area contributed by atoms with Crippen LogP contribution in [0, 0.1) is 10.1 Å². The molecule has 0 bridgehead atoms. The number of carbonyl (C=O) groups excluding carboxylic acids is 2. The Kier molecular flexibility index (Phi) is 4.88. The maximum absolute atomic E-state index is 13.2. The topological polar surface area (TPSA) is 150 Å². The number of ketones is 2. The second-order valence-electron chi connectivity index (χ2n) is 6.98. The van der Waals surface area contributed by atoms with E-state index in [-0.39, 0.29) is 34.5 Å². The molecule has 0 fully saturated rings. The number of carbonyl (C=O) groups is 2. The highest BCUT2D eigenvalue weighted by Gasteiger charge is 2.37. The van der Waals surface area contributed by atoms with Gasteiger partial charge in [-0.2, -0.15) is 0 Å². The molecule has 9 heteroatoms. The number of nitrogens with one attached hydrogen (secondary N) is 1. The van der Waals surface area contributed by atoms with Crippen LogP contribution in [0.1, 0.15) is 37.4 Å². The molecule has 9 nitrogen and oxygen atoms in total. The van der Waals surface area contributed by atoms with Crippen molar-refractivity contribution >= 4 is 28.6 Å². The molecule has 0 saturated heterocycles. The summed E-state index contributed by atoms with van der Waals surface area (Å²) in [4.78, 5) is 36.6. The molecule has 3 aromatic rings. The van der Waals surface area contributed by atoms with Crippen molar-refractivity contribution in [3.8, 4) is 11.5 Å². The molecule has 1 aliphatic rings. The van der Waals surface area contributed by atoms with Gasteiger partial charge in [0, 0.05) is 23.9 Å². The third-order valence-corrected chi connectivity index (χ3v) is 5.06. The number of anilines is 2. The molecule has 3 aromatic carbocycles.